The average molecular weight is 396 g/mol. The number of rotatable bonds is 7. The van der Waals surface area contributed by atoms with Crippen molar-refractivity contribution < 1.29 is 9.53 Å². The second-order valence-electron chi connectivity index (χ2n) is 7.15. The van der Waals surface area contributed by atoms with Crippen LogP contribution in [0.15, 0.2) is 91.0 Å². The largest absolute Gasteiger partial charge is 0.489 e. The minimum Gasteiger partial charge on any atom is -0.489 e. The fraction of sp³-hybridized carbons (Fsp3) is 0.115. The number of nitrogens with one attached hydrogen (secondary N) is 2. The molecule has 4 aromatic carbocycles. The number of fused-ring (bicyclic) bond motifs is 1. The van der Waals surface area contributed by atoms with Crippen LogP contribution in [0.1, 0.15) is 18.1 Å². The number of hydrogen-bond donors (Lipinski definition) is 2. The first kappa shape index (κ1) is 19.5. The third-order valence-electron chi connectivity index (χ3n) is 4.91. The fourth-order valence-electron chi connectivity index (χ4n) is 3.43. The van der Waals surface area contributed by atoms with Gasteiger partial charge >= 0.3 is 0 Å². The Balaban J connectivity index is 1.55. The van der Waals surface area contributed by atoms with Gasteiger partial charge in [-0.15, -0.1) is 0 Å². The molecule has 0 aliphatic heterocycles. The Bertz CT molecular complexity index is 1140. The first-order valence-electron chi connectivity index (χ1n) is 9.98. The lowest BCUT2D eigenvalue weighted by atomic mass is 10.0. The van der Waals surface area contributed by atoms with Crippen LogP contribution in [-0.4, -0.2) is 5.91 Å². The van der Waals surface area contributed by atoms with Crippen molar-refractivity contribution in [3.05, 3.63) is 102 Å². The Morgan fingerprint density at radius 2 is 1.50 bits per heavy atom. The van der Waals surface area contributed by atoms with E-state index in [1.165, 1.54) is 17.7 Å². The summed E-state index contributed by atoms with van der Waals surface area (Å²) in [7, 11) is 0. The van der Waals surface area contributed by atoms with Crippen LogP contribution in [0.25, 0.3) is 10.8 Å². The second-order valence-corrected chi connectivity index (χ2v) is 7.15. The van der Waals surface area contributed by atoms with Gasteiger partial charge in [0.15, 0.2) is 0 Å². The van der Waals surface area contributed by atoms with Crippen molar-refractivity contribution >= 4 is 28.1 Å². The van der Waals surface area contributed by atoms with Gasteiger partial charge in [-0.2, -0.15) is 0 Å². The molecule has 0 fully saturated rings. The summed E-state index contributed by atoms with van der Waals surface area (Å²) in [6, 6.07) is 30.4. The van der Waals surface area contributed by atoms with E-state index in [4.69, 9.17) is 4.74 Å². The molecule has 0 bridgehead atoms. The summed E-state index contributed by atoms with van der Waals surface area (Å²) in [6.45, 7) is 2.66. The van der Waals surface area contributed by atoms with Gasteiger partial charge in [0.25, 0.3) is 0 Å². The van der Waals surface area contributed by atoms with Gasteiger partial charge in [0, 0.05) is 30.4 Å². The van der Waals surface area contributed by atoms with Gasteiger partial charge in [0.05, 0.1) is 0 Å². The number of ether oxygens (including phenoxy) is 1. The van der Waals surface area contributed by atoms with Crippen LogP contribution < -0.4 is 15.4 Å². The molecule has 2 N–H and O–H groups in total. The minimum atomic E-state index is -0.0772. The first-order valence-corrected chi connectivity index (χ1v) is 9.98. The molecule has 0 saturated carbocycles. The minimum absolute atomic E-state index is 0.0772. The van der Waals surface area contributed by atoms with E-state index < -0.39 is 0 Å². The molecule has 4 nitrogen and oxygen atoms in total. The van der Waals surface area contributed by atoms with Crippen molar-refractivity contribution in [1.29, 1.82) is 0 Å². The van der Waals surface area contributed by atoms with Gasteiger partial charge in [0.1, 0.15) is 12.4 Å². The lowest BCUT2D eigenvalue weighted by Crippen LogP contribution is -2.06. The molecule has 0 aromatic heterocycles. The molecule has 1 amide bonds. The van der Waals surface area contributed by atoms with Crippen molar-refractivity contribution in [2.75, 3.05) is 10.6 Å². The lowest BCUT2D eigenvalue weighted by Gasteiger charge is -2.16. The fourth-order valence-corrected chi connectivity index (χ4v) is 3.43. The quantitative estimate of drug-likeness (QED) is 0.403. The molecule has 4 rings (SSSR count). The summed E-state index contributed by atoms with van der Waals surface area (Å²) in [4.78, 5) is 11.2. The Morgan fingerprint density at radius 3 is 2.27 bits per heavy atom. The van der Waals surface area contributed by atoms with Gasteiger partial charge in [-0.05, 0) is 46.7 Å². The molecule has 4 aromatic rings. The second kappa shape index (κ2) is 9.14. The number of hydrogen-bond acceptors (Lipinski definition) is 3. The Morgan fingerprint density at radius 1 is 0.800 bits per heavy atom. The molecule has 0 aliphatic rings. The molecular formula is C26H24N2O2. The number of anilines is 2. The van der Waals surface area contributed by atoms with Crippen molar-refractivity contribution in [2.45, 2.75) is 20.1 Å². The highest BCUT2D eigenvalue weighted by atomic mass is 16.5. The summed E-state index contributed by atoms with van der Waals surface area (Å²) in [5.41, 5.74) is 4.02. The zero-order valence-corrected chi connectivity index (χ0v) is 16.9. The van der Waals surface area contributed by atoms with Crippen molar-refractivity contribution in [1.82, 2.24) is 0 Å². The summed E-state index contributed by atoms with van der Waals surface area (Å²) in [5.74, 6) is 0.798. The van der Waals surface area contributed by atoms with Crippen LogP contribution >= 0.6 is 0 Å². The highest BCUT2D eigenvalue weighted by molar-refractivity contribution is 5.89. The first-order chi connectivity index (χ1) is 14.7. The summed E-state index contributed by atoms with van der Waals surface area (Å²) >= 11 is 0. The smallest absolute Gasteiger partial charge is 0.221 e. The zero-order chi connectivity index (χ0) is 20.8. The third-order valence-corrected chi connectivity index (χ3v) is 4.91. The summed E-state index contributed by atoms with van der Waals surface area (Å²) in [6.07, 6.45) is 0. The summed E-state index contributed by atoms with van der Waals surface area (Å²) in [5, 5.41) is 8.62. The van der Waals surface area contributed by atoms with Gasteiger partial charge in [0.2, 0.25) is 5.91 Å². The molecule has 0 unspecified atom stereocenters. The molecule has 0 spiro atoms. The Hall–Kier alpha value is -3.79. The van der Waals surface area contributed by atoms with Crippen molar-refractivity contribution in [3.8, 4) is 5.75 Å². The van der Waals surface area contributed by atoms with E-state index in [-0.39, 0.29) is 5.91 Å². The van der Waals surface area contributed by atoms with E-state index in [9.17, 15) is 4.79 Å². The lowest BCUT2D eigenvalue weighted by molar-refractivity contribution is -0.114. The van der Waals surface area contributed by atoms with Gasteiger partial charge in [-0.25, -0.2) is 0 Å². The van der Waals surface area contributed by atoms with E-state index in [0.717, 1.165) is 28.3 Å². The Labute approximate surface area is 176 Å². The van der Waals surface area contributed by atoms with Crippen LogP contribution in [0.2, 0.25) is 0 Å². The van der Waals surface area contributed by atoms with E-state index >= 15 is 0 Å². The SMILES string of the molecule is CC(=O)Nc1ccc(NCc2c(OCc3ccccc3)ccc3ccccc23)cc1. The monoisotopic (exact) mass is 396 g/mol. The number of carbonyl (C=O) groups excluding carboxylic acids is 1. The molecule has 0 saturated heterocycles. The van der Waals surface area contributed by atoms with Crippen LogP contribution in [-0.2, 0) is 17.9 Å². The highest BCUT2D eigenvalue weighted by Crippen LogP contribution is 2.30. The molecule has 0 heterocycles. The standard InChI is InChI=1S/C26H24N2O2/c1-19(29)28-23-14-12-22(13-15-23)27-17-25-24-10-6-5-9-21(24)11-16-26(25)30-18-20-7-3-2-4-8-20/h2-16,27H,17-18H2,1H3,(H,28,29). The van der Waals surface area contributed by atoms with E-state index in [1.807, 2.05) is 54.6 Å². The van der Waals surface area contributed by atoms with Crippen LogP contribution in [0.3, 0.4) is 0 Å². The number of benzene rings is 4. The van der Waals surface area contributed by atoms with E-state index in [2.05, 4.69) is 47.0 Å². The van der Waals surface area contributed by atoms with Crippen LogP contribution in [0, 0.1) is 0 Å². The van der Waals surface area contributed by atoms with Gasteiger partial charge < -0.3 is 15.4 Å². The predicted molar refractivity (Wildman–Crippen MR) is 123 cm³/mol. The molecule has 150 valence electrons. The topological polar surface area (TPSA) is 50.4 Å². The molecular weight excluding hydrogens is 372 g/mol. The Kier molecular flexibility index (Phi) is 5.95. The maximum absolute atomic E-state index is 11.2. The summed E-state index contributed by atoms with van der Waals surface area (Å²) < 4.78 is 6.20. The zero-order valence-electron chi connectivity index (χ0n) is 16.9. The normalized spacial score (nSPS) is 10.6. The van der Waals surface area contributed by atoms with Crippen LogP contribution in [0.5, 0.6) is 5.75 Å². The maximum atomic E-state index is 11.2. The predicted octanol–water partition coefficient (Wildman–Crippen LogP) is 5.99. The van der Waals surface area contributed by atoms with Crippen molar-refractivity contribution in [3.63, 3.8) is 0 Å². The molecule has 30 heavy (non-hydrogen) atoms. The van der Waals surface area contributed by atoms with E-state index in [0.29, 0.717) is 13.2 Å². The average Bonchev–Trinajstić information content (AvgIpc) is 2.77. The molecule has 0 atom stereocenters. The van der Waals surface area contributed by atoms with Crippen LogP contribution in [0.4, 0.5) is 11.4 Å². The van der Waals surface area contributed by atoms with Crippen molar-refractivity contribution in [2.24, 2.45) is 0 Å². The van der Waals surface area contributed by atoms with Gasteiger partial charge in [-0.3, -0.25) is 4.79 Å². The third kappa shape index (κ3) is 4.78. The van der Waals surface area contributed by atoms with E-state index in [1.54, 1.807) is 0 Å². The molecule has 0 radical (unpaired) electrons. The number of carbonyl (C=O) groups is 1. The maximum Gasteiger partial charge on any atom is 0.221 e. The number of amides is 1. The molecule has 4 heteroatoms. The molecule has 0 aliphatic carbocycles. The van der Waals surface area contributed by atoms with Gasteiger partial charge in [-0.1, -0.05) is 60.7 Å². The highest BCUT2D eigenvalue weighted by Gasteiger charge is 2.10.